The predicted molar refractivity (Wildman–Crippen MR) is 75.7 cm³/mol. The molecule has 19 heavy (non-hydrogen) atoms. The van der Waals surface area contributed by atoms with Crippen LogP contribution >= 0.6 is 11.6 Å². The number of hydrogen-bond acceptors (Lipinski definition) is 3. The van der Waals surface area contributed by atoms with Gasteiger partial charge >= 0.3 is 0 Å². The van der Waals surface area contributed by atoms with Gasteiger partial charge in [-0.3, -0.25) is 0 Å². The molecule has 1 heterocycles. The summed E-state index contributed by atoms with van der Waals surface area (Å²) in [6.45, 7) is 4.94. The normalized spacial score (nSPS) is 12.4. The second-order valence-electron chi connectivity index (χ2n) is 4.60. The van der Waals surface area contributed by atoms with Crippen LogP contribution in [0, 0.1) is 0 Å². The van der Waals surface area contributed by atoms with Crippen molar-refractivity contribution in [3.05, 3.63) is 40.7 Å². The van der Waals surface area contributed by atoms with E-state index in [-0.39, 0.29) is 5.92 Å². The third kappa shape index (κ3) is 3.70. The molecule has 1 aromatic heterocycles. The van der Waals surface area contributed by atoms with Gasteiger partial charge in [0.2, 0.25) is 0 Å². The lowest BCUT2D eigenvalue weighted by Gasteiger charge is -2.16. The van der Waals surface area contributed by atoms with Crippen molar-refractivity contribution >= 4 is 11.6 Å². The molecule has 0 saturated carbocycles. The Labute approximate surface area is 118 Å². The van der Waals surface area contributed by atoms with E-state index < -0.39 is 0 Å². The third-order valence-corrected chi connectivity index (χ3v) is 3.18. The fourth-order valence-corrected chi connectivity index (χ4v) is 2.18. The average molecular weight is 280 g/mol. The molecule has 2 aromatic rings. The maximum absolute atomic E-state index is 6.09. The monoisotopic (exact) mass is 279 g/mol. The summed E-state index contributed by atoms with van der Waals surface area (Å²) in [5.74, 6) is 1.18. The third-order valence-electron chi connectivity index (χ3n) is 2.94. The number of nitrogens with one attached hydrogen (secondary N) is 1. The predicted octanol–water partition coefficient (Wildman–Crippen LogP) is 3.59. The average Bonchev–Trinajstić information content (AvgIpc) is 2.90. The molecule has 4 nitrogen and oxygen atoms in total. The Kier molecular flexibility index (Phi) is 4.80. The molecule has 1 unspecified atom stereocenters. The highest BCUT2D eigenvalue weighted by atomic mass is 35.5. The largest absolute Gasteiger partial charge is 0.493 e. The smallest absolute Gasteiger partial charge is 0.122 e. The van der Waals surface area contributed by atoms with E-state index >= 15 is 0 Å². The number of benzene rings is 1. The molecule has 1 N–H and O–H groups in total. The van der Waals surface area contributed by atoms with Gasteiger partial charge in [0.1, 0.15) is 5.75 Å². The van der Waals surface area contributed by atoms with E-state index in [1.807, 2.05) is 18.2 Å². The van der Waals surface area contributed by atoms with Crippen LogP contribution in [-0.4, -0.2) is 22.0 Å². The molecule has 102 valence electrons. The molecular weight excluding hydrogens is 262 g/mol. The number of aromatic amines is 1. The minimum absolute atomic E-state index is 0.274. The van der Waals surface area contributed by atoms with E-state index in [0.717, 1.165) is 34.9 Å². The first-order valence-electron chi connectivity index (χ1n) is 6.47. The van der Waals surface area contributed by atoms with Crippen molar-refractivity contribution in [1.82, 2.24) is 15.4 Å². The number of nitrogens with zero attached hydrogens (tertiary/aromatic N) is 2. The summed E-state index contributed by atoms with van der Waals surface area (Å²) < 4.78 is 5.78. The molecule has 1 aromatic carbocycles. The van der Waals surface area contributed by atoms with E-state index in [9.17, 15) is 0 Å². The van der Waals surface area contributed by atoms with Crippen molar-refractivity contribution in [2.24, 2.45) is 0 Å². The molecule has 0 spiro atoms. The first-order chi connectivity index (χ1) is 9.20. The molecule has 1 atom stereocenters. The van der Waals surface area contributed by atoms with Crippen LogP contribution in [0.4, 0.5) is 0 Å². The summed E-state index contributed by atoms with van der Waals surface area (Å²) in [5, 5.41) is 11.3. The van der Waals surface area contributed by atoms with Gasteiger partial charge in [-0.2, -0.15) is 15.4 Å². The summed E-state index contributed by atoms with van der Waals surface area (Å²) in [4.78, 5) is 0. The first-order valence-corrected chi connectivity index (χ1v) is 6.85. The van der Waals surface area contributed by atoms with Crippen molar-refractivity contribution in [2.45, 2.75) is 32.6 Å². The molecule has 2 rings (SSSR count). The van der Waals surface area contributed by atoms with Gasteiger partial charge in [-0.05, 0) is 42.5 Å². The number of hydrogen-bond donors (Lipinski definition) is 1. The molecule has 0 radical (unpaired) electrons. The van der Waals surface area contributed by atoms with E-state index in [2.05, 4.69) is 29.3 Å². The van der Waals surface area contributed by atoms with Gasteiger partial charge in [0.15, 0.2) is 0 Å². The number of rotatable bonds is 6. The fraction of sp³-hybridized carbons (Fsp3) is 0.429. The van der Waals surface area contributed by atoms with E-state index in [4.69, 9.17) is 16.3 Å². The Hall–Kier alpha value is -1.55. The highest BCUT2D eigenvalue weighted by Crippen LogP contribution is 2.31. The maximum Gasteiger partial charge on any atom is 0.122 e. The van der Waals surface area contributed by atoms with Gasteiger partial charge in [0.05, 0.1) is 18.5 Å². The van der Waals surface area contributed by atoms with Crippen LogP contribution in [0.2, 0.25) is 5.02 Å². The summed E-state index contributed by atoms with van der Waals surface area (Å²) in [6, 6.07) is 5.77. The van der Waals surface area contributed by atoms with Crippen molar-refractivity contribution < 1.29 is 4.74 Å². The molecule has 0 aliphatic carbocycles. The topological polar surface area (TPSA) is 50.8 Å². The Bertz CT molecular complexity index is 513. The quantitative estimate of drug-likeness (QED) is 0.879. The summed E-state index contributed by atoms with van der Waals surface area (Å²) >= 11 is 6.09. The number of halogens is 1. The van der Waals surface area contributed by atoms with E-state index in [1.165, 1.54) is 0 Å². The van der Waals surface area contributed by atoms with Gasteiger partial charge in [0.25, 0.3) is 0 Å². The molecule has 0 aliphatic rings. The maximum atomic E-state index is 6.09. The second kappa shape index (κ2) is 6.57. The zero-order valence-corrected chi connectivity index (χ0v) is 11.9. The van der Waals surface area contributed by atoms with Crippen molar-refractivity contribution in [1.29, 1.82) is 0 Å². The molecule has 5 heteroatoms. The van der Waals surface area contributed by atoms with Crippen LogP contribution in [-0.2, 0) is 6.42 Å². The van der Waals surface area contributed by atoms with Crippen LogP contribution in [0.25, 0.3) is 0 Å². The Morgan fingerprint density at radius 2 is 2.26 bits per heavy atom. The van der Waals surface area contributed by atoms with Crippen molar-refractivity contribution in [2.75, 3.05) is 6.61 Å². The fourth-order valence-electron chi connectivity index (χ4n) is 2.00. The number of aromatic nitrogens is 3. The van der Waals surface area contributed by atoms with Crippen LogP contribution < -0.4 is 4.74 Å². The van der Waals surface area contributed by atoms with E-state index in [0.29, 0.717) is 6.61 Å². The minimum Gasteiger partial charge on any atom is -0.493 e. The van der Waals surface area contributed by atoms with Gasteiger partial charge in [-0.15, -0.1) is 0 Å². The SMILES string of the molecule is CCCOc1ccc(Cl)cc1C(C)Cc1cn[nH]n1. The molecule has 0 bridgehead atoms. The molecule has 0 amide bonds. The first kappa shape index (κ1) is 13.9. The zero-order chi connectivity index (χ0) is 13.7. The molecular formula is C14H18ClN3O. The van der Waals surface area contributed by atoms with Crippen LogP contribution in [0.15, 0.2) is 24.4 Å². The van der Waals surface area contributed by atoms with Crippen LogP contribution in [0.3, 0.4) is 0 Å². The summed E-state index contributed by atoms with van der Waals surface area (Å²) in [6.07, 6.45) is 3.53. The van der Waals surface area contributed by atoms with Gasteiger partial charge in [0, 0.05) is 5.02 Å². The molecule has 0 fully saturated rings. The lowest BCUT2D eigenvalue weighted by atomic mass is 9.95. The Morgan fingerprint density at radius 1 is 1.42 bits per heavy atom. The Balaban J connectivity index is 2.18. The van der Waals surface area contributed by atoms with E-state index in [1.54, 1.807) is 6.20 Å². The zero-order valence-electron chi connectivity index (χ0n) is 11.2. The second-order valence-corrected chi connectivity index (χ2v) is 5.03. The number of ether oxygens (including phenoxy) is 1. The van der Waals surface area contributed by atoms with Crippen molar-refractivity contribution in [3.63, 3.8) is 0 Å². The molecule has 0 aliphatic heterocycles. The highest BCUT2D eigenvalue weighted by Gasteiger charge is 2.14. The minimum atomic E-state index is 0.274. The van der Waals surface area contributed by atoms with Gasteiger partial charge in [-0.25, -0.2) is 0 Å². The standard InChI is InChI=1S/C14H18ClN3O/c1-3-6-19-14-5-4-11(15)8-13(14)10(2)7-12-9-16-18-17-12/h4-5,8-10H,3,6-7H2,1-2H3,(H,16,17,18). The van der Waals surface area contributed by atoms with Crippen LogP contribution in [0.5, 0.6) is 5.75 Å². The lowest BCUT2D eigenvalue weighted by molar-refractivity contribution is 0.312. The summed E-state index contributed by atoms with van der Waals surface area (Å²) in [5.41, 5.74) is 2.05. The van der Waals surface area contributed by atoms with Gasteiger partial charge in [-0.1, -0.05) is 25.4 Å². The summed E-state index contributed by atoms with van der Waals surface area (Å²) in [7, 11) is 0. The van der Waals surface area contributed by atoms with Gasteiger partial charge < -0.3 is 4.74 Å². The lowest BCUT2D eigenvalue weighted by Crippen LogP contribution is -2.04. The highest BCUT2D eigenvalue weighted by molar-refractivity contribution is 6.30. The number of H-pyrrole nitrogens is 1. The van der Waals surface area contributed by atoms with Crippen molar-refractivity contribution in [3.8, 4) is 5.75 Å². The van der Waals surface area contributed by atoms with Crippen LogP contribution in [0.1, 0.15) is 37.4 Å². The Morgan fingerprint density at radius 3 is 2.95 bits per heavy atom. The molecule has 0 saturated heterocycles.